The quantitative estimate of drug-likeness (QED) is 0.511. The van der Waals surface area contributed by atoms with Crippen LogP contribution < -0.4 is 5.32 Å². The van der Waals surface area contributed by atoms with Crippen molar-refractivity contribution in [3.63, 3.8) is 0 Å². The SMILES string of the molecule is O=C(Nc1ccc(C(F)(F)F)cc1)N1CCC(CC[C@H]2c3ccccc3-c3cncn32)CC1. The van der Waals surface area contributed by atoms with Gasteiger partial charge in [-0.15, -0.1) is 0 Å². The number of fused-ring (bicyclic) bond motifs is 3. The molecule has 2 amide bonds. The average Bonchev–Trinajstić information content (AvgIpc) is 3.39. The van der Waals surface area contributed by atoms with E-state index in [9.17, 15) is 18.0 Å². The van der Waals surface area contributed by atoms with Crippen molar-refractivity contribution in [2.24, 2.45) is 5.92 Å². The van der Waals surface area contributed by atoms with E-state index >= 15 is 0 Å². The summed E-state index contributed by atoms with van der Waals surface area (Å²) in [5.74, 6) is 0.542. The fourth-order valence-corrected chi connectivity index (χ4v) is 4.99. The Morgan fingerprint density at radius 1 is 1.03 bits per heavy atom. The Bertz CT molecular complexity index is 1130. The van der Waals surface area contributed by atoms with Gasteiger partial charge in [0, 0.05) is 24.3 Å². The first-order valence-corrected chi connectivity index (χ1v) is 11.2. The summed E-state index contributed by atoms with van der Waals surface area (Å²) in [6.07, 6.45) is 3.40. The van der Waals surface area contributed by atoms with Gasteiger partial charge in [-0.25, -0.2) is 9.78 Å². The number of hydrogen-bond donors (Lipinski definition) is 1. The van der Waals surface area contributed by atoms with Crippen LogP contribution in [-0.4, -0.2) is 33.6 Å². The van der Waals surface area contributed by atoms with Gasteiger partial charge in [-0.2, -0.15) is 13.2 Å². The number of urea groups is 1. The minimum Gasteiger partial charge on any atom is -0.325 e. The summed E-state index contributed by atoms with van der Waals surface area (Å²) in [6.45, 7) is 1.30. The molecule has 172 valence electrons. The number of imidazole rings is 1. The molecule has 0 unspecified atom stereocenters. The Labute approximate surface area is 190 Å². The zero-order chi connectivity index (χ0) is 23.0. The summed E-state index contributed by atoms with van der Waals surface area (Å²) in [5.41, 5.74) is 3.42. The van der Waals surface area contributed by atoms with Crippen molar-refractivity contribution in [2.45, 2.75) is 37.9 Å². The monoisotopic (exact) mass is 454 g/mol. The Morgan fingerprint density at radius 3 is 2.48 bits per heavy atom. The average molecular weight is 454 g/mol. The topological polar surface area (TPSA) is 50.2 Å². The Hall–Kier alpha value is -3.29. The van der Waals surface area contributed by atoms with Gasteiger partial charge in [0.05, 0.1) is 29.8 Å². The van der Waals surface area contributed by atoms with Crippen LogP contribution in [-0.2, 0) is 6.18 Å². The predicted molar refractivity (Wildman–Crippen MR) is 120 cm³/mol. The molecule has 0 spiro atoms. The lowest BCUT2D eigenvalue weighted by atomic mass is 9.89. The highest BCUT2D eigenvalue weighted by molar-refractivity contribution is 5.89. The van der Waals surface area contributed by atoms with Crippen LogP contribution in [0.1, 0.15) is 42.9 Å². The highest BCUT2D eigenvalue weighted by atomic mass is 19.4. The van der Waals surface area contributed by atoms with Gasteiger partial charge >= 0.3 is 12.2 Å². The van der Waals surface area contributed by atoms with Gasteiger partial charge in [-0.3, -0.25) is 0 Å². The lowest BCUT2D eigenvalue weighted by molar-refractivity contribution is -0.137. The van der Waals surface area contributed by atoms with Crippen molar-refractivity contribution < 1.29 is 18.0 Å². The number of nitrogens with zero attached hydrogens (tertiary/aromatic N) is 3. The smallest absolute Gasteiger partial charge is 0.325 e. The molecule has 0 bridgehead atoms. The predicted octanol–water partition coefficient (Wildman–Crippen LogP) is 6.20. The molecular formula is C25H25F3N4O. The maximum Gasteiger partial charge on any atom is 0.416 e. The summed E-state index contributed by atoms with van der Waals surface area (Å²) in [7, 11) is 0. The van der Waals surface area contributed by atoms with E-state index in [2.05, 4.69) is 39.1 Å². The molecule has 5 nitrogen and oxygen atoms in total. The summed E-state index contributed by atoms with van der Waals surface area (Å²) in [6, 6.07) is 13.1. The van der Waals surface area contributed by atoms with Crippen molar-refractivity contribution in [1.82, 2.24) is 14.5 Å². The summed E-state index contributed by atoms with van der Waals surface area (Å²) < 4.78 is 40.4. The van der Waals surface area contributed by atoms with Crippen LogP contribution >= 0.6 is 0 Å². The van der Waals surface area contributed by atoms with Crippen molar-refractivity contribution in [2.75, 3.05) is 18.4 Å². The molecular weight excluding hydrogens is 429 g/mol. The molecule has 33 heavy (non-hydrogen) atoms. The number of halogens is 3. The lowest BCUT2D eigenvalue weighted by Gasteiger charge is -2.32. The normalized spacial score (nSPS) is 18.2. The molecule has 3 heterocycles. The van der Waals surface area contributed by atoms with Crippen molar-refractivity contribution in [3.05, 3.63) is 72.2 Å². The van der Waals surface area contributed by atoms with Crippen LogP contribution in [0, 0.1) is 5.92 Å². The standard InChI is InChI=1S/C25H25F3N4O/c26-25(27,28)18-6-8-19(9-7-18)30-24(33)31-13-11-17(12-14-31)5-10-22-20-3-1-2-4-21(20)23-15-29-16-32(22)23/h1-4,6-9,15-17,22H,5,10-14H2,(H,30,33)/t22-/m0/s1. The molecule has 0 saturated carbocycles. The molecule has 8 heteroatoms. The number of carbonyl (C=O) groups excluding carboxylic acids is 1. The number of carbonyl (C=O) groups is 1. The van der Waals surface area contributed by atoms with Crippen LogP contribution in [0.25, 0.3) is 11.3 Å². The van der Waals surface area contributed by atoms with E-state index in [0.717, 1.165) is 37.8 Å². The molecule has 0 radical (unpaired) electrons. The number of benzene rings is 2. The number of nitrogens with one attached hydrogen (secondary N) is 1. The van der Waals surface area contributed by atoms with Crippen molar-refractivity contribution in [3.8, 4) is 11.3 Å². The van der Waals surface area contributed by atoms with Crippen molar-refractivity contribution >= 4 is 11.7 Å². The molecule has 0 aliphatic carbocycles. The fourth-order valence-electron chi connectivity index (χ4n) is 4.99. The van der Waals surface area contributed by atoms with E-state index in [1.54, 1.807) is 4.90 Å². The molecule has 1 aromatic heterocycles. The number of amides is 2. The van der Waals surface area contributed by atoms with Crippen LogP contribution in [0.15, 0.2) is 61.1 Å². The van der Waals surface area contributed by atoms with Crippen LogP contribution in [0.4, 0.5) is 23.7 Å². The first-order chi connectivity index (χ1) is 15.9. The second kappa shape index (κ2) is 8.57. The number of likely N-dealkylation sites (tertiary alicyclic amines) is 1. The third-order valence-corrected chi connectivity index (χ3v) is 6.81. The van der Waals surface area contributed by atoms with Gasteiger partial charge < -0.3 is 14.8 Å². The van der Waals surface area contributed by atoms with E-state index in [1.165, 1.54) is 29.0 Å². The number of hydrogen-bond acceptors (Lipinski definition) is 2. The molecule has 2 aliphatic heterocycles. The van der Waals surface area contributed by atoms with Gasteiger partial charge in [0.15, 0.2) is 0 Å². The third kappa shape index (κ3) is 4.34. The molecule has 3 aromatic rings. The summed E-state index contributed by atoms with van der Waals surface area (Å²) in [4.78, 5) is 18.6. The molecule has 1 saturated heterocycles. The maximum absolute atomic E-state index is 12.7. The van der Waals surface area contributed by atoms with Gasteiger partial charge in [0.2, 0.25) is 0 Å². The van der Waals surface area contributed by atoms with E-state index in [1.807, 2.05) is 12.5 Å². The number of piperidine rings is 1. The van der Waals surface area contributed by atoms with E-state index < -0.39 is 11.7 Å². The summed E-state index contributed by atoms with van der Waals surface area (Å²) in [5, 5.41) is 2.71. The van der Waals surface area contributed by atoms with E-state index in [0.29, 0.717) is 30.7 Å². The van der Waals surface area contributed by atoms with Crippen LogP contribution in [0.3, 0.4) is 0 Å². The Balaban J connectivity index is 1.13. The molecule has 1 N–H and O–H groups in total. The zero-order valence-electron chi connectivity index (χ0n) is 18.1. The first-order valence-electron chi connectivity index (χ1n) is 11.2. The number of alkyl halides is 3. The molecule has 5 rings (SSSR count). The van der Waals surface area contributed by atoms with Gasteiger partial charge in [0.1, 0.15) is 0 Å². The largest absolute Gasteiger partial charge is 0.416 e. The van der Waals surface area contributed by atoms with E-state index in [4.69, 9.17) is 0 Å². The minimum atomic E-state index is -4.38. The van der Waals surface area contributed by atoms with Crippen LogP contribution in [0.5, 0.6) is 0 Å². The number of aromatic nitrogens is 2. The van der Waals surface area contributed by atoms with Crippen molar-refractivity contribution in [1.29, 1.82) is 0 Å². The first kappa shape index (κ1) is 21.6. The highest BCUT2D eigenvalue weighted by Gasteiger charge is 2.31. The molecule has 1 fully saturated rings. The Kier molecular flexibility index (Phi) is 5.60. The lowest BCUT2D eigenvalue weighted by Crippen LogP contribution is -2.41. The van der Waals surface area contributed by atoms with E-state index in [-0.39, 0.29) is 6.03 Å². The Morgan fingerprint density at radius 2 is 1.76 bits per heavy atom. The highest BCUT2D eigenvalue weighted by Crippen LogP contribution is 2.42. The molecule has 2 aliphatic rings. The zero-order valence-corrected chi connectivity index (χ0v) is 18.1. The second-order valence-electron chi connectivity index (χ2n) is 8.80. The third-order valence-electron chi connectivity index (χ3n) is 6.81. The number of rotatable bonds is 4. The number of anilines is 1. The fraction of sp³-hybridized carbons (Fsp3) is 0.360. The van der Waals surface area contributed by atoms with Gasteiger partial charge in [-0.05, 0) is 61.4 Å². The van der Waals surface area contributed by atoms with Gasteiger partial charge in [-0.1, -0.05) is 24.3 Å². The second-order valence-corrected chi connectivity index (χ2v) is 8.80. The summed E-state index contributed by atoms with van der Waals surface area (Å²) >= 11 is 0. The maximum atomic E-state index is 12.7. The molecule has 2 aromatic carbocycles. The van der Waals surface area contributed by atoms with Gasteiger partial charge in [0.25, 0.3) is 0 Å². The minimum absolute atomic E-state index is 0.263. The molecule has 1 atom stereocenters. The van der Waals surface area contributed by atoms with Crippen LogP contribution in [0.2, 0.25) is 0 Å².